The minimum atomic E-state index is 0. The topological polar surface area (TPSA) is 86.6 Å². The van der Waals surface area contributed by atoms with Gasteiger partial charge in [0.25, 0.3) is 0 Å². The van der Waals surface area contributed by atoms with E-state index in [1.54, 1.807) is 72.8 Å². The average Bonchev–Trinajstić information content (AvgIpc) is 2.72. The number of phenols is 2. The molecular weight excluding hydrogens is 411 g/mol. The summed E-state index contributed by atoms with van der Waals surface area (Å²) >= 11 is 0. The summed E-state index contributed by atoms with van der Waals surface area (Å²) in [7, 11) is 0. The number of hydrogen-bond donors (Lipinski definition) is 2. The summed E-state index contributed by atoms with van der Waals surface area (Å²) in [4.78, 5) is 0. The van der Waals surface area contributed by atoms with E-state index >= 15 is 0 Å². The number of para-hydroxylation sites is 4. The van der Waals surface area contributed by atoms with Gasteiger partial charge in [-0.05, 0) is 24.3 Å². The molecule has 0 aliphatic carbocycles. The quantitative estimate of drug-likeness (QED) is 0.405. The zero-order chi connectivity index (χ0) is 20.5. The Morgan fingerprint density at radius 3 is 0.690 bits per heavy atom. The summed E-state index contributed by atoms with van der Waals surface area (Å²) in [5.41, 5.74) is 0. The average molecular weight is 433 g/mol. The summed E-state index contributed by atoms with van der Waals surface area (Å²) < 4.78 is 0. The van der Waals surface area contributed by atoms with Crippen LogP contribution >= 0.6 is 0 Å². The van der Waals surface area contributed by atoms with Crippen LogP contribution in [-0.4, -0.2) is 10.2 Å². The Morgan fingerprint density at radius 2 is 0.586 bits per heavy atom. The number of aromatic hydroxyl groups is 2. The van der Waals surface area contributed by atoms with E-state index in [2.05, 4.69) is 0 Å². The van der Waals surface area contributed by atoms with Crippen LogP contribution in [0.1, 0.15) is 0 Å². The van der Waals surface area contributed by atoms with Gasteiger partial charge in [-0.15, -0.1) is 11.5 Å². The maximum Gasteiger partial charge on any atom is 2.00 e. The van der Waals surface area contributed by atoms with Crippen LogP contribution in [-0.2, 0) is 16.5 Å². The van der Waals surface area contributed by atoms with Crippen molar-refractivity contribution in [2.75, 3.05) is 0 Å². The Hall–Kier alpha value is -3.43. The molecule has 0 unspecified atom stereocenters. The van der Waals surface area contributed by atoms with E-state index in [-0.39, 0.29) is 28.0 Å². The molecule has 2 N–H and O–H groups in total. The van der Waals surface area contributed by atoms with Gasteiger partial charge in [0.1, 0.15) is 11.5 Å². The van der Waals surface area contributed by atoms with Crippen molar-refractivity contribution in [1.82, 2.24) is 0 Å². The van der Waals surface area contributed by atoms with Crippen LogP contribution < -0.4 is 10.2 Å². The third-order valence-corrected chi connectivity index (χ3v) is 3.00. The van der Waals surface area contributed by atoms with Crippen LogP contribution in [0.25, 0.3) is 0 Å². The minimum absolute atomic E-state index is 0. The number of benzene rings is 4. The SMILES string of the molecule is Oc1ccccc1.Oc1ccccc1.[Ni+2].[O-]c1ccccc1.[O-]c1ccccc1. The van der Waals surface area contributed by atoms with Gasteiger partial charge in [0.05, 0.1) is 0 Å². The maximum atomic E-state index is 10.3. The molecule has 152 valence electrons. The van der Waals surface area contributed by atoms with Gasteiger partial charge >= 0.3 is 16.5 Å². The molecule has 0 amide bonds. The molecule has 0 spiro atoms. The zero-order valence-corrected chi connectivity index (χ0v) is 16.6. The summed E-state index contributed by atoms with van der Waals surface area (Å²) in [6.45, 7) is 0. The van der Waals surface area contributed by atoms with Crippen LogP contribution in [0.3, 0.4) is 0 Å². The van der Waals surface area contributed by atoms with E-state index in [4.69, 9.17) is 10.2 Å². The van der Waals surface area contributed by atoms with E-state index < -0.39 is 0 Å². The molecule has 0 radical (unpaired) electrons. The fourth-order valence-electron chi connectivity index (χ4n) is 1.70. The van der Waals surface area contributed by atoms with Crippen LogP contribution in [0.5, 0.6) is 23.0 Å². The molecule has 0 atom stereocenters. The third kappa shape index (κ3) is 15.3. The van der Waals surface area contributed by atoms with Gasteiger partial charge in [0.2, 0.25) is 0 Å². The summed E-state index contributed by atoms with van der Waals surface area (Å²) in [6, 6.07) is 34.1. The molecule has 4 aromatic carbocycles. The smallest absolute Gasteiger partial charge is 0.872 e. The van der Waals surface area contributed by atoms with E-state index in [1.807, 2.05) is 24.3 Å². The van der Waals surface area contributed by atoms with E-state index in [0.29, 0.717) is 11.5 Å². The van der Waals surface area contributed by atoms with Crippen LogP contribution in [0, 0.1) is 0 Å². The van der Waals surface area contributed by atoms with Crippen molar-refractivity contribution < 1.29 is 36.9 Å². The predicted octanol–water partition coefficient (Wildman–Crippen LogP) is 4.30. The van der Waals surface area contributed by atoms with Crippen molar-refractivity contribution in [2.24, 2.45) is 0 Å². The van der Waals surface area contributed by atoms with Crippen molar-refractivity contribution in [1.29, 1.82) is 0 Å². The maximum absolute atomic E-state index is 10.3. The number of phenolic OH excluding ortho intramolecular Hbond substituents is 2. The number of hydrogen-bond acceptors (Lipinski definition) is 4. The first-order valence-electron chi connectivity index (χ1n) is 8.50. The van der Waals surface area contributed by atoms with Crippen LogP contribution in [0.4, 0.5) is 0 Å². The van der Waals surface area contributed by atoms with Crippen LogP contribution in [0.15, 0.2) is 121 Å². The second kappa shape index (κ2) is 16.7. The predicted molar refractivity (Wildman–Crippen MR) is 108 cm³/mol. The summed E-state index contributed by atoms with van der Waals surface area (Å²) in [5, 5.41) is 37.8. The van der Waals surface area contributed by atoms with Gasteiger partial charge in [0, 0.05) is 0 Å². The first kappa shape index (κ1) is 25.6. The molecule has 0 aromatic heterocycles. The van der Waals surface area contributed by atoms with Gasteiger partial charge in [-0.25, -0.2) is 0 Å². The van der Waals surface area contributed by atoms with Gasteiger partial charge in [-0.3, -0.25) is 0 Å². The molecule has 4 nitrogen and oxygen atoms in total. The molecule has 29 heavy (non-hydrogen) atoms. The molecule has 4 aromatic rings. The van der Waals surface area contributed by atoms with Crippen molar-refractivity contribution in [3.05, 3.63) is 121 Å². The summed E-state index contributed by atoms with van der Waals surface area (Å²) in [5.74, 6) is 0.787. The van der Waals surface area contributed by atoms with Crippen LogP contribution in [0.2, 0.25) is 0 Å². The molecule has 5 heteroatoms. The van der Waals surface area contributed by atoms with Crippen molar-refractivity contribution in [3.63, 3.8) is 0 Å². The largest absolute Gasteiger partial charge is 2.00 e. The molecule has 0 heterocycles. The Balaban J connectivity index is 0.000000356. The van der Waals surface area contributed by atoms with Crippen molar-refractivity contribution in [3.8, 4) is 23.0 Å². The first-order valence-corrected chi connectivity index (χ1v) is 8.50. The molecular formula is C24H22NiO4. The number of rotatable bonds is 0. The summed E-state index contributed by atoms with van der Waals surface area (Å²) in [6.07, 6.45) is 0. The second-order valence-corrected chi connectivity index (χ2v) is 5.30. The Kier molecular flexibility index (Phi) is 14.7. The Bertz CT molecular complexity index is 693. The van der Waals surface area contributed by atoms with Gasteiger partial charge in [0.15, 0.2) is 0 Å². The van der Waals surface area contributed by atoms with E-state index in [9.17, 15) is 10.2 Å². The first-order chi connectivity index (χ1) is 13.6. The Labute approximate surface area is 181 Å². The van der Waals surface area contributed by atoms with Gasteiger partial charge in [-0.2, -0.15) is 0 Å². The molecule has 0 saturated carbocycles. The molecule has 4 rings (SSSR count). The van der Waals surface area contributed by atoms with Crippen molar-refractivity contribution in [2.45, 2.75) is 0 Å². The molecule has 0 aliphatic rings. The fraction of sp³-hybridized carbons (Fsp3) is 0. The molecule has 0 saturated heterocycles. The third-order valence-electron chi connectivity index (χ3n) is 3.00. The van der Waals surface area contributed by atoms with E-state index in [1.165, 1.54) is 24.3 Å². The monoisotopic (exact) mass is 432 g/mol. The molecule has 0 bridgehead atoms. The van der Waals surface area contributed by atoms with Crippen molar-refractivity contribution >= 4 is 0 Å². The van der Waals surface area contributed by atoms with Gasteiger partial charge < -0.3 is 20.4 Å². The Morgan fingerprint density at radius 1 is 0.379 bits per heavy atom. The molecule has 0 aliphatic heterocycles. The minimum Gasteiger partial charge on any atom is -0.872 e. The second-order valence-electron chi connectivity index (χ2n) is 5.30. The van der Waals surface area contributed by atoms with Gasteiger partial charge in [-0.1, -0.05) is 97.1 Å². The van der Waals surface area contributed by atoms with E-state index in [0.717, 1.165) is 0 Å². The normalized spacial score (nSPS) is 8.28. The zero-order valence-electron chi connectivity index (χ0n) is 15.6. The standard InChI is InChI=1S/4C6H6O.Ni/c4*7-6-4-2-1-3-5-6;/h4*1-5,7H;/q;;;;+2/p-2. The fourth-order valence-corrected chi connectivity index (χ4v) is 1.70. The molecule has 0 fully saturated rings.